The molecule has 1 aromatic rings. The predicted octanol–water partition coefficient (Wildman–Crippen LogP) is 0.697. The van der Waals surface area contributed by atoms with Gasteiger partial charge in [-0.25, -0.2) is 0 Å². The van der Waals surface area contributed by atoms with Crippen molar-refractivity contribution >= 4 is 0 Å². The Balaban J connectivity index is 2.80. The van der Waals surface area contributed by atoms with Crippen LogP contribution in [-0.4, -0.2) is 10.1 Å². The molecule has 0 aliphatic heterocycles. The summed E-state index contributed by atoms with van der Waals surface area (Å²) in [7, 11) is 0. The second kappa shape index (κ2) is 2.27. The van der Waals surface area contributed by atoms with E-state index in [2.05, 4.69) is 14.7 Å². The van der Waals surface area contributed by atoms with E-state index in [0.29, 0.717) is 5.89 Å². The van der Waals surface area contributed by atoms with Gasteiger partial charge in [-0.2, -0.15) is 10.2 Å². The number of nitriles is 1. The molecule has 46 valence electrons. The van der Waals surface area contributed by atoms with Crippen LogP contribution in [0.4, 0.5) is 0 Å². The maximum atomic E-state index is 8.33. The lowest BCUT2D eigenvalue weighted by Crippen LogP contribution is -1.87. The summed E-state index contributed by atoms with van der Waals surface area (Å²) in [4.78, 5) is 3.69. The zero-order valence-corrected chi connectivity index (χ0v) is 4.90. The number of nitrogens with zero attached hydrogens (tertiary/aromatic N) is 3. The molecule has 0 saturated heterocycles. The van der Waals surface area contributed by atoms with Gasteiger partial charge in [0.1, 0.15) is 5.92 Å². The molecule has 0 amide bonds. The van der Waals surface area contributed by atoms with Crippen molar-refractivity contribution in [3.05, 3.63) is 12.2 Å². The largest absolute Gasteiger partial charge is 0.338 e. The van der Waals surface area contributed by atoms with Gasteiger partial charge >= 0.3 is 0 Å². The standard InChI is InChI=1S/C5H5N3O/c1-4(2-6)5-7-3-8-9-5/h3-4H,1H3. The highest BCUT2D eigenvalue weighted by Crippen LogP contribution is 2.07. The average Bonchev–Trinajstić information content (AvgIpc) is 2.37. The highest BCUT2D eigenvalue weighted by atomic mass is 16.5. The van der Waals surface area contributed by atoms with Crippen LogP contribution in [0.1, 0.15) is 18.7 Å². The summed E-state index contributed by atoms with van der Waals surface area (Å²) in [5, 5.41) is 11.7. The second-order valence-electron chi connectivity index (χ2n) is 1.63. The maximum Gasteiger partial charge on any atom is 0.243 e. The number of rotatable bonds is 1. The van der Waals surface area contributed by atoms with Crippen LogP contribution in [0, 0.1) is 11.3 Å². The van der Waals surface area contributed by atoms with Gasteiger partial charge < -0.3 is 4.52 Å². The van der Waals surface area contributed by atoms with Crippen LogP contribution in [0.15, 0.2) is 10.9 Å². The van der Waals surface area contributed by atoms with Crippen LogP contribution in [0.5, 0.6) is 0 Å². The summed E-state index contributed by atoms with van der Waals surface area (Å²) in [6.45, 7) is 1.70. The maximum absolute atomic E-state index is 8.33. The molecule has 1 unspecified atom stereocenters. The Morgan fingerprint density at radius 3 is 3.11 bits per heavy atom. The van der Waals surface area contributed by atoms with Crippen molar-refractivity contribution in [1.82, 2.24) is 10.1 Å². The van der Waals surface area contributed by atoms with Gasteiger partial charge in [-0.3, -0.25) is 0 Å². The van der Waals surface area contributed by atoms with E-state index in [1.807, 2.05) is 6.07 Å². The molecular formula is C5H5N3O. The molecule has 1 aromatic heterocycles. The predicted molar refractivity (Wildman–Crippen MR) is 28.3 cm³/mol. The molecule has 0 bridgehead atoms. The lowest BCUT2D eigenvalue weighted by atomic mass is 10.2. The van der Waals surface area contributed by atoms with Crippen LogP contribution in [0.3, 0.4) is 0 Å². The van der Waals surface area contributed by atoms with Crippen molar-refractivity contribution in [3.63, 3.8) is 0 Å². The third-order valence-corrected chi connectivity index (χ3v) is 0.942. The topological polar surface area (TPSA) is 62.7 Å². The Kier molecular flexibility index (Phi) is 1.45. The normalized spacial score (nSPS) is 12.4. The molecule has 0 spiro atoms. The Morgan fingerprint density at radius 2 is 2.67 bits per heavy atom. The van der Waals surface area contributed by atoms with Gasteiger partial charge in [0.05, 0.1) is 6.07 Å². The molecule has 4 nitrogen and oxygen atoms in total. The molecule has 1 heterocycles. The van der Waals surface area contributed by atoms with Crippen molar-refractivity contribution in [1.29, 1.82) is 5.26 Å². The molecule has 0 aromatic carbocycles. The highest BCUT2D eigenvalue weighted by molar-refractivity contribution is 5.00. The monoisotopic (exact) mass is 123 g/mol. The molecular weight excluding hydrogens is 118 g/mol. The summed E-state index contributed by atoms with van der Waals surface area (Å²) >= 11 is 0. The number of aromatic nitrogens is 2. The van der Waals surface area contributed by atoms with E-state index in [1.54, 1.807) is 6.92 Å². The molecule has 0 N–H and O–H groups in total. The van der Waals surface area contributed by atoms with Crippen LogP contribution in [-0.2, 0) is 0 Å². The fourth-order valence-corrected chi connectivity index (χ4v) is 0.428. The minimum atomic E-state index is -0.299. The van der Waals surface area contributed by atoms with Crippen LogP contribution in [0.25, 0.3) is 0 Å². The van der Waals surface area contributed by atoms with E-state index < -0.39 is 0 Å². The third kappa shape index (κ3) is 1.05. The molecule has 9 heavy (non-hydrogen) atoms. The summed E-state index contributed by atoms with van der Waals surface area (Å²) in [6.07, 6.45) is 1.28. The summed E-state index contributed by atoms with van der Waals surface area (Å²) in [6, 6.07) is 1.97. The van der Waals surface area contributed by atoms with Gasteiger partial charge in [0.2, 0.25) is 5.89 Å². The molecule has 0 aliphatic rings. The van der Waals surface area contributed by atoms with E-state index in [0.717, 1.165) is 0 Å². The third-order valence-electron chi connectivity index (χ3n) is 0.942. The van der Waals surface area contributed by atoms with Gasteiger partial charge in [0.25, 0.3) is 0 Å². The molecule has 4 heteroatoms. The number of hydrogen-bond acceptors (Lipinski definition) is 4. The van der Waals surface area contributed by atoms with E-state index in [9.17, 15) is 0 Å². The van der Waals surface area contributed by atoms with Gasteiger partial charge in [-0.1, -0.05) is 5.16 Å². The summed E-state index contributed by atoms with van der Waals surface area (Å²) in [5.41, 5.74) is 0. The Labute approximate surface area is 52.1 Å². The first kappa shape index (κ1) is 5.76. The molecule has 1 atom stereocenters. The van der Waals surface area contributed by atoms with Crippen molar-refractivity contribution < 1.29 is 4.52 Å². The number of hydrogen-bond donors (Lipinski definition) is 0. The lowest BCUT2D eigenvalue weighted by molar-refractivity contribution is 0.373. The Bertz CT molecular complexity index is 211. The lowest BCUT2D eigenvalue weighted by Gasteiger charge is -1.87. The minimum absolute atomic E-state index is 0.299. The highest BCUT2D eigenvalue weighted by Gasteiger charge is 2.07. The Morgan fingerprint density at radius 1 is 1.89 bits per heavy atom. The molecule has 0 saturated carbocycles. The SMILES string of the molecule is CC(C#N)c1ncno1. The quantitative estimate of drug-likeness (QED) is 0.551. The zero-order valence-electron chi connectivity index (χ0n) is 4.90. The second-order valence-corrected chi connectivity index (χ2v) is 1.63. The molecule has 1 rings (SSSR count). The van der Waals surface area contributed by atoms with Crippen LogP contribution < -0.4 is 0 Å². The zero-order chi connectivity index (χ0) is 6.69. The summed E-state index contributed by atoms with van der Waals surface area (Å²) < 4.78 is 4.60. The van der Waals surface area contributed by atoms with Crippen molar-refractivity contribution in [2.75, 3.05) is 0 Å². The van der Waals surface area contributed by atoms with E-state index >= 15 is 0 Å². The van der Waals surface area contributed by atoms with E-state index in [1.165, 1.54) is 6.33 Å². The van der Waals surface area contributed by atoms with Gasteiger partial charge in [-0.15, -0.1) is 0 Å². The minimum Gasteiger partial charge on any atom is -0.338 e. The van der Waals surface area contributed by atoms with Gasteiger partial charge in [-0.05, 0) is 6.92 Å². The van der Waals surface area contributed by atoms with Crippen molar-refractivity contribution in [3.8, 4) is 6.07 Å². The first-order valence-corrected chi connectivity index (χ1v) is 2.51. The molecule has 0 aliphatic carbocycles. The summed E-state index contributed by atoms with van der Waals surface area (Å²) in [5.74, 6) is 0.0741. The van der Waals surface area contributed by atoms with Crippen molar-refractivity contribution in [2.45, 2.75) is 12.8 Å². The smallest absolute Gasteiger partial charge is 0.243 e. The Hall–Kier alpha value is -1.37. The molecule has 0 radical (unpaired) electrons. The molecule has 0 fully saturated rings. The first-order chi connectivity index (χ1) is 4.34. The average molecular weight is 123 g/mol. The van der Waals surface area contributed by atoms with Crippen LogP contribution >= 0.6 is 0 Å². The fourth-order valence-electron chi connectivity index (χ4n) is 0.428. The van der Waals surface area contributed by atoms with E-state index in [4.69, 9.17) is 5.26 Å². The van der Waals surface area contributed by atoms with Gasteiger partial charge in [0, 0.05) is 0 Å². The van der Waals surface area contributed by atoms with Crippen molar-refractivity contribution in [2.24, 2.45) is 0 Å². The first-order valence-electron chi connectivity index (χ1n) is 2.51. The van der Waals surface area contributed by atoms with Gasteiger partial charge in [0.15, 0.2) is 6.33 Å². The fraction of sp³-hybridized carbons (Fsp3) is 0.400. The van der Waals surface area contributed by atoms with E-state index in [-0.39, 0.29) is 5.92 Å². The van der Waals surface area contributed by atoms with Crippen LogP contribution in [0.2, 0.25) is 0 Å².